The van der Waals surface area contributed by atoms with E-state index in [1.54, 1.807) is 47.5 Å². The molecule has 3 aromatic rings. The number of anilines is 1. The molecule has 1 aromatic carbocycles. The van der Waals surface area contributed by atoms with Gasteiger partial charge in [0.25, 0.3) is 5.91 Å². The summed E-state index contributed by atoms with van der Waals surface area (Å²) in [5.74, 6) is 0.275. The number of carbonyl (C=O) groups is 2. The Labute approximate surface area is 174 Å². The maximum atomic E-state index is 12.4. The third-order valence-corrected chi connectivity index (χ3v) is 5.77. The third kappa shape index (κ3) is 4.89. The van der Waals surface area contributed by atoms with E-state index in [-0.39, 0.29) is 23.6 Å². The summed E-state index contributed by atoms with van der Waals surface area (Å²) < 4.78 is 1.75. The van der Waals surface area contributed by atoms with Gasteiger partial charge < -0.3 is 15.2 Å². The second kappa shape index (κ2) is 9.18. The third-order valence-electron chi connectivity index (χ3n) is 3.73. The summed E-state index contributed by atoms with van der Waals surface area (Å²) in [7, 11) is 1.79. The van der Waals surface area contributed by atoms with Gasteiger partial charge in [0.1, 0.15) is 0 Å². The van der Waals surface area contributed by atoms with Crippen molar-refractivity contribution in [3.63, 3.8) is 0 Å². The van der Waals surface area contributed by atoms with Crippen LogP contribution >= 0.6 is 34.7 Å². The van der Waals surface area contributed by atoms with E-state index >= 15 is 0 Å². The lowest BCUT2D eigenvalue weighted by Gasteiger charge is -2.14. The Morgan fingerprint density at radius 1 is 1.32 bits per heavy atom. The minimum atomic E-state index is -0.389. The maximum Gasteiger partial charge on any atom is 0.253 e. The van der Waals surface area contributed by atoms with Gasteiger partial charge in [0.2, 0.25) is 5.91 Å². The lowest BCUT2D eigenvalue weighted by Crippen LogP contribution is -2.28. The molecule has 11 heteroatoms. The molecule has 0 aliphatic heterocycles. The van der Waals surface area contributed by atoms with Crippen LogP contribution < -0.4 is 10.6 Å². The van der Waals surface area contributed by atoms with Crippen molar-refractivity contribution in [3.05, 3.63) is 52.3 Å². The summed E-state index contributed by atoms with van der Waals surface area (Å²) in [6, 6.07) is 6.44. The minimum Gasteiger partial charge on any atom is -0.342 e. The highest BCUT2D eigenvalue weighted by molar-refractivity contribution is 7.99. The normalized spacial score (nSPS) is 11.8. The number of benzene rings is 1. The molecular formula is C17H17ClN6O2S2. The zero-order valence-corrected chi connectivity index (χ0v) is 17.4. The van der Waals surface area contributed by atoms with Crippen molar-refractivity contribution in [2.24, 2.45) is 7.05 Å². The average Bonchev–Trinajstić information content (AvgIpc) is 3.30. The summed E-state index contributed by atoms with van der Waals surface area (Å²) in [5.41, 5.74) is 0.395. The molecule has 2 heterocycles. The Morgan fingerprint density at radius 3 is 2.82 bits per heavy atom. The average molecular weight is 437 g/mol. The molecule has 1 atom stereocenters. The van der Waals surface area contributed by atoms with Crippen molar-refractivity contribution < 1.29 is 9.59 Å². The van der Waals surface area contributed by atoms with Gasteiger partial charge in [-0.05, 0) is 19.1 Å². The molecule has 0 fully saturated rings. The fourth-order valence-electron chi connectivity index (χ4n) is 2.38. The molecule has 0 spiro atoms. The molecule has 0 aliphatic rings. The molecule has 0 aliphatic carbocycles. The van der Waals surface area contributed by atoms with E-state index in [1.807, 2.05) is 6.92 Å². The first-order valence-corrected chi connectivity index (χ1v) is 10.5. The summed E-state index contributed by atoms with van der Waals surface area (Å²) in [4.78, 5) is 28.4. The molecule has 0 bridgehead atoms. The van der Waals surface area contributed by atoms with E-state index in [2.05, 4.69) is 25.8 Å². The monoisotopic (exact) mass is 436 g/mol. The Morgan fingerprint density at radius 2 is 2.11 bits per heavy atom. The molecule has 2 aromatic heterocycles. The Balaban J connectivity index is 1.59. The van der Waals surface area contributed by atoms with Crippen LogP contribution in [-0.2, 0) is 11.8 Å². The number of nitrogens with one attached hydrogen (secondary N) is 2. The SMILES string of the molecule is C[C@@H](NC(=O)c1ccccc1Cl)c1nnc(SCC(=O)Nc2nccs2)n1C. The number of thiazole rings is 1. The van der Waals surface area contributed by atoms with Gasteiger partial charge in [0, 0.05) is 18.6 Å². The van der Waals surface area contributed by atoms with Crippen molar-refractivity contribution in [3.8, 4) is 0 Å². The molecule has 0 unspecified atom stereocenters. The summed E-state index contributed by atoms with van der Waals surface area (Å²) in [6.45, 7) is 1.81. The minimum absolute atomic E-state index is 0.173. The molecule has 8 nitrogen and oxygen atoms in total. The molecule has 0 saturated heterocycles. The lowest BCUT2D eigenvalue weighted by molar-refractivity contribution is -0.113. The van der Waals surface area contributed by atoms with Crippen molar-refractivity contribution in [1.29, 1.82) is 0 Å². The van der Waals surface area contributed by atoms with Crippen LogP contribution in [0.15, 0.2) is 41.0 Å². The molecule has 3 rings (SSSR count). The van der Waals surface area contributed by atoms with Gasteiger partial charge in [-0.1, -0.05) is 35.5 Å². The number of amides is 2. The number of aromatic nitrogens is 4. The fraction of sp³-hybridized carbons (Fsp3) is 0.235. The van der Waals surface area contributed by atoms with E-state index in [0.717, 1.165) is 0 Å². The molecule has 146 valence electrons. The topological polar surface area (TPSA) is 102 Å². The number of hydrogen-bond acceptors (Lipinski definition) is 7. The first kappa shape index (κ1) is 20.3. The lowest BCUT2D eigenvalue weighted by atomic mass is 10.2. The zero-order valence-electron chi connectivity index (χ0n) is 15.0. The number of nitrogens with zero attached hydrogens (tertiary/aromatic N) is 4. The second-order valence-corrected chi connectivity index (χ2v) is 7.99. The highest BCUT2D eigenvalue weighted by Crippen LogP contribution is 2.21. The van der Waals surface area contributed by atoms with E-state index in [9.17, 15) is 9.59 Å². The first-order chi connectivity index (χ1) is 13.5. The number of carbonyl (C=O) groups excluding carboxylic acids is 2. The Bertz CT molecular complexity index is 976. The smallest absolute Gasteiger partial charge is 0.253 e. The highest BCUT2D eigenvalue weighted by atomic mass is 35.5. The summed E-state index contributed by atoms with van der Waals surface area (Å²) in [5, 5.41) is 17.1. The number of rotatable bonds is 7. The van der Waals surface area contributed by atoms with Crippen molar-refractivity contribution in [1.82, 2.24) is 25.1 Å². The van der Waals surface area contributed by atoms with Crippen molar-refractivity contribution in [2.45, 2.75) is 18.1 Å². The van der Waals surface area contributed by atoms with E-state index < -0.39 is 0 Å². The van der Waals surface area contributed by atoms with E-state index in [1.165, 1.54) is 23.1 Å². The van der Waals surface area contributed by atoms with Crippen LogP contribution in [-0.4, -0.2) is 37.3 Å². The van der Waals surface area contributed by atoms with Gasteiger partial charge in [-0.2, -0.15) is 0 Å². The van der Waals surface area contributed by atoms with Crippen LogP contribution in [0.25, 0.3) is 0 Å². The molecule has 2 amide bonds. The van der Waals surface area contributed by atoms with E-state index in [0.29, 0.717) is 26.7 Å². The summed E-state index contributed by atoms with van der Waals surface area (Å²) >= 11 is 8.67. The van der Waals surface area contributed by atoms with Crippen LogP contribution in [0.3, 0.4) is 0 Å². The largest absolute Gasteiger partial charge is 0.342 e. The highest BCUT2D eigenvalue weighted by Gasteiger charge is 2.20. The van der Waals surface area contributed by atoms with Crippen LogP contribution in [0, 0.1) is 0 Å². The number of halogens is 1. The van der Waals surface area contributed by atoms with Crippen molar-refractivity contribution >= 4 is 51.6 Å². The molecule has 0 saturated carbocycles. The second-order valence-electron chi connectivity index (χ2n) is 5.75. The predicted octanol–water partition coefficient (Wildman–Crippen LogP) is 3.15. The number of hydrogen-bond donors (Lipinski definition) is 2. The van der Waals surface area contributed by atoms with Crippen LogP contribution in [0.4, 0.5) is 5.13 Å². The van der Waals surface area contributed by atoms with Crippen LogP contribution in [0.1, 0.15) is 29.1 Å². The van der Waals surface area contributed by atoms with Gasteiger partial charge >= 0.3 is 0 Å². The quantitative estimate of drug-likeness (QED) is 0.551. The number of thioether (sulfide) groups is 1. The van der Waals surface area contributed by atoms with Crippen LogP contribution in [0.2, 0.25) is 5.02 Å². The molecular weight excluding hydrogens is 420 g/mol. The molecule has 28 heavy (non-hydrogen) atoms. The predicted molar refractivity (Wildman–Crippen MR) is 110 cm³/mol. The van der Waals surface area contributed by atoms with Gasteiger partial charge in [-0.25, -0.2) is 4.98 Å². The van der Waals surface area contributed by atoms with Gasteiger partial charge in [-0.15, -0.1) is 21.5 Å². The fourth-order valence-corrected chi connectivity index (χ4v) is 3.87. The zero-order chi connectivity index (χ0) is 20.1. The first-order valence-electron chi connectivity index (χ1n) is 8.22. The standard InChI is InChI=1S/C17H17ClN6O2S2/c1-10(20-15(26)11-5-3-4-6-12(11)18)14-22-23-17(24(14)2)28-9-13(25)21-16-19-7-8-27-16/h3-8,10H,9H2,1-2H3,(H,20,26)(H,19,21,25)/t10-/m1/s1. The Kier molecular flexibility index (Phi) is 6.65. The van der Waals surface area contributed by atoms with Crippen molar-refractivity contribution in [2.75, 3.05) is 11.1 Å². The van der Waals surface area contributed by atoms with E-state index in [4.69, 9.17) is 11.6 Å². The van der Waals surface area contributed by atoms with Gasteiger partial charge in [0.15, 0.2) is 16.1 Å². The van der Waals surface area contributed by atoms with Crippen LogP contribution in [0.5, 0.6) is 0 Å². The van der Waals surface area contributed by atoms with Gasteiger partial charge in [0.05, 0.1) is 22.4 Å². The Hall–Kier alpha value is -2.43. The maximum absolute atomic E-state index is 12.4. The molecule has 2 N–H and O–H groups in total. The summed E-state index contributed by atoms with van der Waals surface area (Å²) in [6.07, 6.45) is 1.63. The molecule has 0 radical (unpaired) electrons. The van der Waals surface area contributed by atoms with Gasteiger partial charge in [-0.3, -0.25) is 9.59 Å².